The first-order valence-electron chi connectivity index (χ1n) is 9.35. The van der Waals surface area contributed by atoms with Gasteiger partial charge in [0.1, 0.15) is 5.01 Å². The van der Waals surface area contributed by atoms with Crippen molar-refractivity contribution in [2.24, 2.45) is 5.92 Å². The van der Waals surface area contributed by atoms with Crippen molar-refractivity contribution < 1.29 is 9.59 Å². The number of halogens is 1. The fraction of sp³-hybridized carbons (Fsp3) is 0.227. The molecule has 0 spiro atoms. The Bertz CT molecular complexity index is 1050. The molecule has 4 rings (SSSR count). The summed E-state index contributed by atoms with van der Waals surface area (Å²) < 4.78 is 0. The van der Waals surface area contributed by atoms with E-state index in [1.165, 1.54) is 5.56 Å². The SMILES string of the molecule is Cc1ccccc1-c1nc(CNC(=O)C2CC(=O)N(c3ccc(Cl)cc3)C2)cs1. The van der Waals surface area contributed by atoms with Crippen LogP contribution in [0.1, 0.15) is 17.7 Å². The maximum Gasteiger partial charge on any atom is 0.227 e. The monoisotopic (exact) mass is 425 g/mol. The summed E-state index contributed by atoms with van der Waals surface area (Å²) in [6.45, 7) is 2.78. The average Bonchev–Trinajstić information content (AvgIpc) is 3.34. The molecule has 29 heavy (non-hydrogen) atoms. The quantitative estimate of drug-likeness (QED) is 0.657. The summed E-state index contributed by atoms with van der Waals surface area (Å²) >= 11 is 7.47. The minimum Gasteiger partial charge on any atom is -0.350 e. The third-order valence-electron chi connectivity index (χ3n) is 5.01. The molecular formula is C22H20ClN3O2S. The second kappa shape index (κ2) is 8.35. The molecule has 1 atom stereocenters. The van der Waals surface area contributed by atoms with Gasteiger partial charge in [-0.05, 0) is 36.8 Å². The van der Waals surface area contributed by atoms with E-state index < -0.39 is 0 Å². The van der Waals surface area contributed by atoms with Gasteiger partial charge < -0.3 is 10.2 Å². The lowest BCUT2D eigenvalue weighted by Crippen LogP contribution is -2.32. The van der Waals surface area contributed by atoms with Crippen LogP contribution in [0.15, 0.2) is 53.9 Å². The highest BCUT2D eigenvalue weighted by Gasteiger charge is 2.35. The molecule has 1 N–H and O–H groups in total. The summed E-state index contributed by atoms with van der Waals surface area (Å²) in [7, 11) is 0. The molecule has 7 heteroatoms. The number of thiazole rings is 1. The van der Waals surface area contributed by atoms with Gasteiger partial charge in [-0.1, -0.05) is 35.9 Å². The van der Waals surface area contributed by atoms with Crippen LogP contribution in [0.4, 0.5) is 5.69 Å². The first kappa shape index (κ1) is 19.6. The number of amides is 2. The van der Waals surface area contributed by atoms with Crippen molar-refractivity contribution in [1.82, 2.24) is 10.3 Å². The van der Waals surface area contributed by atoms with E-state index in [2.05, 4.69) is 23.3 Å². The van der Waals surface area contributed by atoms with E-state index >= 15 is 0 Å². The number of aryl methyl sites for hydroxylation is 1. The molecule has 2 aromatic carbocycles. The number of nitrogens with zero attached hydrogens (tertiary/aromatic N) is 2. The highest BCUT2D eigenvalue weighted by Crippen LogP contribution is 2.28. The molecule has 0 aliphatic carbocycles. The number of carbonyl (C=O) groups excluding carboxylic acids is 2. The number of hydrogen-bond acceptors (Lipinski definition) is 4. The van der Waals surface area contributed by atoms with Crippen molar-refractivity contribution in [2.75, 3.05) is 11.4 Å². The highest BCUT2D eigenvalue weighted by atomic mass is 35.5. The number of rotatable bonds is 5. The lowest BCUT2D eigenvalue weighted by atomic mass is 10.1. The molecule has 1 fully saturated rings. The van der Waals surface area contributed by atoms with Gasteiger partial charge in [0, 0.05) is 34.6 Å². The molecular weight excluding hydrogens is 406 g/mol. The second-order valence-electron chi connectivity index (χ2n) is 7.06. The van der Waals surface area contributed by atoms with Crippen molar-refractivity contribution in [3.63, 3.8) is 0 Å². The molecule has 0 saturated carbocycles. The van der Waals surface area contributed by atoms with Gasteiger partial charge >= 0.3 is 0 Å². The summed E-state index contributed by atoms with van der Waals surface area (Å²) in [4.78, 5) is 31.2. The van der Waals surface area contributed by atoms with Crippen LogP contribution in [-0.2, 0) is 16.1 Å². The standard InChI is InChI=1S/C22H20ClN3O2S/c1-14-4-2-3-5-19(14)22-25-17(13-29-22)11-24-21(28)15-10-20(27)26(12-15)18-8-6-16(23)7-9-18/h2-9,13,15H,10-12H2,1H3,(H,24,28). The zero-order chi connectivity index (χ0) is 20.4. The van der Waals surface area contributed by atoms with Gasteiger partial charge in [0.25, 0.3) is 0 Å². The van der Waals surface area contributed by atoms with Crippen molar-refractivity contribution in [3.05, 3.63) is 70.2 Å². The van der Waals surface area contributed by atoms with Crippen LogP contribution in [0.25, 0.3) is 10.6 Å². The maximum absolute atomic E-state index is 12.6. The van der Waals surface area contributed by atoms with Crippen LogP contribution < -0.4 is 10.2 Å². The molecule has 5 nitrogen and oxygen atoms in total. The second-order valence-corrected chi connectivity index (χ2v) is 8.35. The Morgan fingerprint density at radius 2 is 2.00 bits per heavy atom. The van der Waals surface area contributed by atoms with Crippen LogP contribution in [0, 0.1) is 12.8 Å². The predicted molar refractivity (Wildman–Crippen MR) is 116 cm³/mol. The molecule has 1 aliphatic rings. The van der Waals surface area contributed by atoms with Crippen LogP contribution in [0.3, 0.4) is 0 Å². The zero-order valence-corrected chi connectivity index (χ0v) is 17.5. The number of aromatic nitrogens is 1. The predicted octanol–water partition coefficient (Wildman–Crippen LogP) is 4.44. The third kappa shape index (κ3) is 4.33. The highest BCUT2D eigenvalue weighted by molar-refractivity contribution is 7.13. The van der Waals surface area contributed by atoms with E-state index in [9.17, 15) is 9.59 Å². The Labute approximate surface area is 178 Å². The Kier molecular flexibility index (Phi) is 5.65. The Morgan fingerprint density at radius 1 is 1.24 bits per heavy atom. The minimum atomic E-state index is -0.368. The van der Waals surface area contributed by atoms with E-state index in [4.69, 9.17) is 11.6 Å². The first-order valence-corrected chi connectivity index (χ1v) is 10.6. The number of benzene rings is 2. The van der Waals surface area contributed by atoms with Gasteiger partial charge in [0.2, 0.25) is 11.8 Å². The summed E-state index contributed by atoms with van der Waals surface area (Å²) in [6, 6.07) is 15.2. The van der Waals surface area contributed by atoms with Crippen molar-refractivity contribution in [1.29, 1.82) is 0 Å². The topological polar surface area (TPSA) is 62.3 Å². The Hall–Kier alpha value is -2.70. The number of carbonyl (C=O) groups is 2. The molecule has 1 aromatic heterocycles. The fourth-order valence-corrected chi connectivity index (χ4v) is 4.44. The van der Waals surface area contributed by atoms with Gasteiger partial charge in [0.15, 0.2) is 0 Å². The zero-order valence-electron chi connectivity index (χ0n) is 15.9. The van der Waals surface area contributed by atoms with Crippen molar-refractivity contribution in [2.45, 2.75) is 19.9 Å². The average molecular weight is 426 g/mol. The Balaban J connectivity index is 1.36. The molecule has 3 aromatic rings. The Morgan fingerprint density at radius 3 is 2.76 bits per heavy atom. The number of hydrogen-bond donors (Lipinski definition) is 1. The van der Waals surface area contributed by atoms with Gasteiger partial charge in [-0.15, -0.1) is 11.3 Å². The summed E-state index contributed by atoms with van der Waals surface area (Å²) in [6.07, 6.45) is 0.208. The van der Waals surface area contributed by atoms with E-state index in [0.29, 0.717) is 18.1 Å². The largest absolute Gasteiger partial charge is 0.350 e. The van der Waals surface area contributed by atoms with Crippen LogP contribution in [-0.4, -0.2) is 23.3 Å². The third-order valence-corrected chi connectivity index (χ3v) is 6.18. The molecule has 1 saturated heterocycles. The molecule has 1 unspecified atom stereocenters. The maximum atomic E-state index is 12.6. The molecule has 0 radical (unpaired) electrons. The first-order chi connectivity index (χ1) is 14.0. The number of nitrogens with one attached hydrogen (secondary N) is 1. The van der Waals surface area contributed by atoms with E-state index in [0.717, 1.165) is 22.0 Å². The van der Waals surface area contributed by atoms with Crippen LogP contribution in [0.5, 0.6) is 0 Å². The smallest absolute Gasteiger partial charge is 0.227 e. The van der Waals surface area contributed by atoms with Gasteiger partial charge in [-0.3, -0.25) is 9.59 Å². The van der Waals surface area contributed by atoms with Crippen LogP contribution in [0.2, 0.25) is 5.02 Å². The molecule has 1 aliphatic heterocycles. The lowest BCUT2D eigenvalue weighted by molar-refractivity contribution is -0.126. The summed E-state index contributed by atoms with van der Waals surface area (Å²) in [5, 5.41) is 6.44. The normalized spacial score (nSPS) is 16.3. The number of anilines is 1. The molecule has 0 bridgehead atoms. The van der Waals surface area contributed by atoms with Crippen molar-refractivity contribution in [3.8, 4) is 10.6 Å². The van der Waals surface area contributed by atoms with Crippen LogP contribution >= 0.6 is 22.9 Å². The van der Waals surface area contributed by atoms with E-state index in [1.54, 1.807) is 40.5 Å². The molecule has 2 amide bonds. The van der Waals surface area contributed by atoms with E-state index in [1.807, 2.05) is 23.6 Å². The van der Waals surface area contributed by atoms with Crippen molar-refractivity contribution >= 4 is 40.4 Å². The fourth-order valence-electron chi connectivity index (χ4n) is 3.40. The summed E-state index contributed by atoms with van der Waals surface area (Å²) in [5.74, 6) is -0.545. The van der Waals surface area contributed by atoms with Gasteiger partial charge in [-0.2, -0.15) is 0 Å². The summed E-state index contributed by atoms with van der Waals surface area (Å²) in [5.41, 5.74) is 3.86. The molecule has 148 valence electrons. The van der Waals surface area contributed by atoms with Gasteiger partial charge in [0.05, 0.1) is 18.2 Å². The van der Waals surface area contributed by atoms with Gasteiger partial charge in [-0.25, -0.2) is 4.98 Å². The van der Waals surface area contributed by atoms with E-state index in [-0.39, 0.29) is 24.2 Å². The molecule has 2 heterocycles. The lowest BCUT2D eigenvalue weighted by Gasteiger charge is -2.16. The minimum absolute atomic E-state index is 0.0528.